The van der Waals surface area contributed by atoms with Gasteiger partial charge in [0.25, 0.3) is 0 Å². The molecule has 19 heavy (non-hydrogen) atoms. The summed E-state index contributed by atoms with van der Waals surface area (Å²) >= 11 is 1.62. The third-order valence-electron chi connectivity index (χ3n) is 4.02. The van der Waals surface area contributed by atoms with Crippen LogP contribution >= 0.6 is 11.3 Å². The van der Waals surface area contributed by atoms with E-state index >= 15 is 0 Å². The van der Waals surface area contributed by atoms with Crippen molar-refractivity contribution in [2.75, 3.05) is 5.32 Å². The zero-order valence-corrected chi connectivity index (χ0v) is 12.0. The summed E-state index contributed by atoms with van der Waals surface area (Å²) in [5.41, 5.74) is 0.758. The number of thiazole rings is 1. The van der Waals surface area contributed by atoms with Crippen molar-refractivity contribution < 1.29 is 4.39 Å². The van der Waals surface area contributed by atoms with Crippen LogP contribution < -0.4 is 5.32 Å². The molecule has 0 saturated heterocycles. The Balaban J connectivity index is 1.80. The van der Waals surface area contributed by atoms with E-state index in [1.54, 1.807) is 11.3 Å². The minimum absolute atomic E-state index is 0.216. The Labute approximate surface area is 117 Å². The molecule has 1 fully saturated rings. The molecule has 1 aromatic heterocycles. The summed E-state index contributed by atoms with van der Waals surface area (Å²) < 4.78 is 14.2. The second kappa shape index (κ2) is 5.45. The molecule has 2 unspecified atom stereocenters. The third-order valence-corrected chi connectivity index (χ3v) is 4.99. The zero-order chi connectivity index (χ0) is 13.2. The van der Waals surface area contributed by atoms with Crippen molar-refractivity contribution in [3.63, 3.8) is 0 Å². The molecule has 1 saturated carbocycles. The molecule has 2 aromatic rings. The second-order valence-electron chi connectivity index (χ2n) is 5.50. The second-order valence-corrected chi connectivity index (χ2v) is 6.53. The number of hydrogen-bond acceptors (Lipinski definition) is 3. The normalized spacial score (nSPS) is 24.3. The van der Waals surface area contributed by atoms with Gasteiger partial charge in [-0.15, -0.1) is 0 Å². The number of nitrogens with one attached hydrogen (secondary N) is 1. The van der Waals surface area contributed by atoms with Crippen molar-refractivity contribution in [3.8, 4) is 0 Å². The van der Waals surface area contributed by atoms with Crippen LogP contribution in [-0.2, 0) is 0 Å². The van der Waals surface area contributed by atoms with Crippen molar-refractivity contribution in [1.29, 1.82) is 0 Å². The molecule has 0 radical (unpaired) electrons. The van der Waals surface area contributed by atoms with Crippen LogP contribution in [0.4, 0.5) is 9.52 Å². The fourth-order valence-electron chi connectivity index (χ4n) is 2.83. The number of aromatic nitrogens is 1. The van der Waals surface area contributed by atoms with Gasteiger partial charge in [-0.2, -0.15) is 0 Å². The van der Waals surface area contributed by atoms with E-state index in [2.05, 4.69) is 17.2 Å². The third kappa shape index (κ3) is 2.89. The van der Waals surface area contributed by atoms with Crippen LogP contribution in [0, 0.1) is 11.7 Å². The highest BCUT2D eigenvalue weighted by molar-refractivity contribution is 7.22. The molecule has 0 aliphatic heterocycles. The molecular formula is C15H19FN2S. The minimum Gasteiger partial charge on any atom is -0.358 e. The van der Waals surface area contributed by atoms with E-state index in [1.807, 2.05) is 6.07 Å². The summed E-state index contributed by atoms with van der Waals surface area (Å²) in [5, 5.41) is 4.49. The number of rotatable bonds is 2. The van der Waals surface area contributed by atoms with Gasteiger partial charge in [-0.3, -0.25) is 0 Å². The van der Waals surface area contributed by atoms with Crippen molar-refractivity contribution in [2.45, 2.75) is 45.1 Å². The zero-order valence-electron chi connectivity index (χ0n) is 11.2. The van der Waals surface area contributed by atoms with Gasteiger partial charge in [-0.05, 0) is 30.9 Å². The number of anilines is 1. The Hall–Kier alpha value is -1.16. The molecule has 3 rings (SSSR count). The molecule has 1 aromatic carbocycles. The highest BCUT2D eigenvalue weighted by atomic mass is 32.1. The van der Waals surface area contributed by atoms with E-state index in [9.17, 15) is 4.39 Å². The summed E-state index contributed by atoms with van der Waals surface area (Å²) in [6.07, 6.45) is 6.47. The quantitative estimate of drug-likeness (QED) is 0.797. The molecule has 2 atom stereocenters. The average molecular weight is 278 g/mol. The predicted octanol–water partition coefficient (Wildman–Crippen LogP) is 4.82. The van der Waals surface area contributed by atoms with Gasteiger partial charge in [0.05, 0.1) is 10.2 Å². The van der Waals surface area contributed by atoms with Crippen LogP contribution in [0.2, 0.25) is 0 Å². The molecule has 102 valence electrons. The van der Waals surface area contributed by atoms with Gasteiger partial charge >= 0.3 is 0 Å². The molecule has 1 aliphatic rings. The Morgan fingerprint density at radius 3 is 3.00 bits per heavy atom. The van der Waals surface area contributed by atoms with Crippen LogP contribution in [0.25, 0.3) is 10.2 Å². The molecule has 1 aliphatic carbocycles. The Morgan fingerprint density at radius 1 is 1.26 bits per heavy atom. The molecule has 4 heteroatoms. The molecule has 1 heterocycles. The highest BCUT2D eigenvalue weighted by Crippen LogP contribution is 2.30. The smallest absolute Gasteiger partial charge is 0.184 e. The first kappa shape index (κ1) is 12.9. The maximum atomic E-state index is 13.2. The Morgan fingerprint density at radius 2 is 2.11 bits per heavy atom. The molecule has 0 bridgehead atoms. The SMILES string of the molecule is CC1CCCCCC1Nc1nc2cc(F)ccc2s1. The van der Waals surface area contributed by atoms with Gasteiger partial charge in [0.15, 0.2) is 5.13 Å². The summed E-state index contributed by atoms with van der Waals surface area (Å²) in [6, 6.07) is 5.32. The first-order chi connectivity index (χ1) is 9.22. The lowest BCUT2D eigenvalue weighted by atomic mass is 9.97. The molecule has 2 nitrogen and oxygen atoms in total. The molecule has 0 amide bonds. The fourth-order valence-corrected chi connectivity index (χ4v) is 3.74. The van der Waals surface area contributed by atoms with Gasteiger partial charge in [0.2, 0.25) is 0 Å². The number of hydrogen-bond donors (Lipinski definition) is 1. The van der Waals surface area contributed by atoms with Crippen molar-refractivity contribution in [1.82, 2.24) is 4.98 Å². The number of fused-ring (bicyclic) bond motifs is 1. The lowest BCUT2D eigenvalue weighted by Gasteiger charge is -2.22. The first-order valence-electron chi connectivity index (χ1n) is 7.05. The maximum Gasteiger partial charge on any atom is 0.184 e. The van der Waals surface area contributed by atoms with Crippen LogP contribution in [-0.4, -0.2) is 11.0 Å². The van der Waals surface area contributed by atoms with Gasteiger partial charge < -0.3 is 5.32 Å². The van der Waals surface area contributed by atoms with Crippen LogP contribution in [0.3, 0.4) is 0 Å². The highest BCUT2D eigenvalue weighted by Gasteiger charge is 2.20. The number of benzene rings is 1. The van der Waals surface area contributed by atoms with Gasteiger partial charge in [-0.25, -0.2) is 9.37 Å². The standard InChI is InChI=1S/C15H19FN2S/c1-10-5-3-2-4-6-12(10)17-15-18-13-9-11(16)7-8-14(13)19-15/h7-10,12H,2-6H2,1H3,(H,17,18). The first-order valence-corrected chi connectivity index (χ1v) is 7.86. The monoisotopic (exact) mass is 278 g/mol. The number of halogens is 1. The van der Waals surface area contributed by atoms with E-state index in [0.717, 1.165) is 15.3 Å². The minimum atomic E-state index is -0.216. The summed E-state index contributed by atoms with van der Waals surface area (Å²) in [4.78, 5) is 4.50. The van der Waals surface area contributed by atoms with Crippen molar-refractivity contribution in [2.24, 2.45) is 5.92 Å². The van der Waals surface area contributed by atoms with E-state index in [1.165, 1.54) is 44.2 Å². The summed E-state index contributed by atoms with van der Waals surface area (Å²) in [6.45, 7) is 2.32. The predicted molar refractivity (Wildman–Crippen MR) is 79.2 cm³/mol. The van der Waals surface area contributed by atoms with E-state index in [4.69, 9.17) is 0 Å². The van der Waals surface area contributed by atoms with Crippen molar-refractivity contribution >= 4 is 26.7 Å². The Bertz CT molecular complexity index is 566. The van der Waals surface area contributed by atoms with E-state index < -0.39 is 0 Å². The van der Waals surface area contributed by atoms with Crippen LogP contribution in [0.15, 0.2) is 18.2 Å². The molecule has 1 N–H and O–H groups in total. The van der Waals surface area contributed by atoms with Crippen molar-refractivity contribution in [3.05, 3.63) is 24.0 Å². The largest absolute Gasteiger partial charge is 0.358 e. The van der Waals surface area contributed by atoms with E-state index in [-0.39, 0.29) is 5.82 Å². The van der Waals surface area contributed by atoms with Gasteiger partial charge in [0.1, 0.15) is 5.82 Å². The maximum absolute atomic E-state index is 13.2. The van der Waals surface area contributed by atoms with Gasteiger partial charge in [0, 0.05) is 12.1 Å². The van der Waals surface area contributed by atoms with Crippen LogP contribution in [0.1, 0.15) is 39.0 Å². The number of nitrogens with zero attached hydrogens (tertiary/aromatic N) is 1. The van der Waals surface area contributed by atoms with Gasteiger partial charge in [-0.1, -0.05) is 37.5 Å². The summed E-state index contributed by atoms with van der Waals surface area (Å²) in [7, 11) is 0. The molecular weight excluding hydrogens is 259 g/mol. The van der Waals surface area contributed by atoms with E-state index in [0.29, 0.717) is 12.0 Å². The lowest BCUT2D eigenvalue weighted by molar-refractivity contribution is 0.456. The topological polar surface area (TPSA) is 24.9 Å². The fraction of sp³-hybridized carbons (Fsp3) is 0.533. The lowest BCUT2D eigenvalue weighted by Crippen LogP contribution is -2.26. The molecule has 0 spiro atoms. The average Bonchev–Trinajstić information content (AvgIpc) is 2.66. The van der Waals surface area contributed by atoms with Crippen LogP contribution in [0.5, 0.6) is 0 Å². The Kier molecular flexibility index (Phi) is 3.69. The summed E-state index contributed by atoms with van der Waals surface area (Å²) in [5.74, 6) is 0.471.